The van der Waals surface area contributed by atoms with Crippen LogP contribution in [0.4, 0.5) is 0 Å². The van der Waals surface area contributed by atoms with Crippen LogP contribution in [-0.2, 0) is 0 Å². The molecule has 76 valence electrons. The lowest BCUT2D eigenvalue weighted by Crippen LogP contribution is -2.36. The summed E-state index contributed by atoms with van der Waals surface area (Å²) in [7, 11) is 0. The van der Waals surface area contributed by atoms with Crippen molar-refractivity contribution < 1.29 is 5.11 Å². The summed E-state index contributed by atoms with van der Waals surface area (Å²) in [4.78, 5) is 2.54. The quantitative estimate of drug-likeness (QED) is 0.703. The van der Waals surface area contributed by atoms with Gasteiger partial charge in [0.05, 0.1) is 6.10 Å². The molecule has 0 aromatic heterocycles. The van der Waals surface area contributed by atoms with Gasteiger partial charge in [-0.2, -0.15) is 0 Å². The van der Waals surface area contributed by atoms with Crippen LogP contribution >= 0.6 is 0 Å². The first-order chi connectivity index (χ1) is 6.36. The zero-order valence-electron chi connectivity index (χ0n) is 8.41. The van der Waals surface area contributed by atoms with E-state index in [9.17, 15) is 5.11 Å². The van der Waals surface area contributed by atoms with Crippen LogP contribution in [0.5, 0.6) is 0 Å². The van der Waals surface area contributed by atoms with E-state index in [1.165, 1.54) is 45.2 Å². The monoisotopic (exact) mass is 183 g/mol. The van der Waals surface area contributed by atoms with Crippen molar-refractivity contribution in [1.82, 2.24) is 4.90 Å². The Labute approximate surface area is 80.9 Å². The summed E-state index contributed by atoms with van der Waals surface area (Å²) in [6.07, 6.45) is 7.66. The van der Waals surface area contributed by atoms with Gasteiger partial charge in [0.25, 0.3) is 0 Å². The van der Waals surface area contributed by atoms with E-state index in [4.69, 9.17) is 0 Å². The van der Waals surface area contributed by atoms with Crippen molar-refractivity contribution in [2.75, 3.05) is 19.6 Å². The van der Waals surface area contributed by atoms with E-state index in [1.807, 2.05) is 0 Å². The van der Waals surface area contributed by atoms with Crippen LogP contribution in [0.15, 0.2) is 0 Å². The van der Waals surface area contributed by atoms with E-state index >= 15 is 0 Å². The first-order valence-corrected chi connectivity index (χ1v) is 5.76. The molecule has 0 amide bonds. The van der Waals surface area contributed by atoms with Gasteiger partial charge in [-0.3, -0.25) is 0 Å². The first-order valence-electron chi connectivity index (χ1n) is 5.76. The molecule has 2 rings (SSSR count). The summed E-state index contributed by atoms with van der Waals surface area (Å²) < 4.78 is 0. The van der Waals surface area contributed by atoms with Gasteiger partial charge >= 0.3 is 0 Å². The number of likely N-dealkylation sites (tertiary alicyclic amines) is 1. The molecule has 1 N–H and O–H groups in total. The fourth-order valence-electron chi connectivity index (χ4n) is 2.70. The Kier molecular flexibility index (Phi) is 3.23. The van der Waals surface area contributed by atoms with Crippen LogP contribution in [0.3, 0.4) is 0 Å². The number of hydrogen-bond acceptors (Lipinski definition) is 2. The Morgan fingerprint density at radius 3 is 2.38 bits per heavy atom. The normalized spacial score (nSPS) is 36.7. The molecular weight excluding hydrogens is 162 g/mol. The highest BCUT2D eigenvalue weighted by molar-refractivity contribution is 4.80. The molecule has 2 aliphatic rings. The summed E-state index contributed by atoms with van der Waals surface area (Å²) in [5.41, 5.74) is 0. The predicted molar refractivity (Wildman–Crippen MR) is 53.6 cm³/mol. The van der Waals surface area contributed by atoms with Gasteiger partial charge in [-0.25, -0.2) is 0 Å². The minimum atomic E-state index is 0.00178. The summed E-state index contributed by atoms with van der Waals surface area (Å²) in [5.74, 6) is 0.582. The second-order valence-corrected chi connectivity index (χ2v) is 4.62. The summed E-state index contributed by atoms with van der Waals surface area (Å²) in [6.45, 7) is 3.69. The van der Waals surface area contributed by atoms with Crippen molar-refractivity contribution in [2.45, 2.75) is 44.6 Å². The Morgan fingerprint density at radius 2 is 1.77 bits per heavy atom. The number of hydrogen-bond donors (Lipinski definition) is 1. The number of aliphatic hydroxyl groups excluding tert-OH is 1. The predicted octanol–water partition coefficient (Wildman–Crippen LogP) is 1.63. The lowest BCUT2D eigenvalue weighted by Gasteiger charge is -2.29. The fourth-order valence-corrected chi connectivity index (χ4v) is 2.70. The molecule has 2 nitrogen and oxygen atoms in total. The number of aliphatic hydroxyl groups is 1. The highest BCUT2D eigenvalue weighted by Gasteiger charge is 2.27. The van der Waals surface area contributed by atoms with Crippen LogP contribution in [-0.4, -0.2) is 35.7 Å². The molecule has 1 aliphatic carbocycles. The smallest absolute Gasteiger partial charge is 0.0580 e. The van der Waals surface area contributed by atoms with E-state index in [0.717, 1.165) is 13.0 Å². The summed E-state index contributed by atoms with van der Waals surface area (Å²) >= 11 is 0. The maximum absolute atomic E-state index is 9.69. The molecule has 0 spiro atoms. The number of piperidine rings is 1. The second kappa shape index (κ2) is 4.43. The average molecular weight is 183 g/mol. The molecule has 1 aliphatic heterocycles. The van der Waals surface area contributed by atoms with E-state index in [1.54, 1.807) is 0 Å². The van der Waals surface area contributed by atoms with Crippen molar-refractivity contribution in [2.24, 2.45) is 5.92 Å². The molecule has 2 fully saturated rings. The molecule has 0 aromatic carbocycles. The van der Waals surface area contributed by atoms with Gasteiger partial charge in [-0.05, 0) is 44.7 Å². The molecule has 0 radical (unpaired) electrons. The maximum Gasteiger partial charge on any atom is 0.0580 e. The van der Waals surface area contributed by atoms with E-state index in [2.05, 4.69) is 4.90 Å². The number of nitrogens with zero attached hydrogens (tertiary/aromatic N) is 1. The zero-order chi connectivity index (χ0) is 9.10. The third-order valence-corrected chi connectivity index (χ3v) is 3.56. The lowest BCUT2D eigenvalue weighted by molar-refractivity contribution is 0.0949. The molecule has 13 heavy (non-hydrogen) atoms. The molecule has 1 heterocycles. The average Bonchev–Trinajstić information content (AvgIpc) is 2.54. The molecule has 0 unspecified atom stereocenters. The Hall–Kier alpha value is -0.0800. The van der Waals surface area contributed by atoms with Crippen molar-refractivity contribution >= 4 is 0 Å². The molecular formula is C11H21NO. The van der Waals surface area contributed by atoms with Crippen LogP contribution in [0.1, 0.15) is 38.5 Å². The minimum absolute atomic E-state index is 0.00178. The Morgan fingerprint density at radius 1 is 1.00 bits per heavy atom. The van der Waals surface area contributed by atoms with Gasteiger partial charge in [0.1, 0.15) is 0 Å². The van der Waals surface area contributed by atoms with Gasteiger partial charge in [-0.1, -0.05) is 12.8 Å². The van der Waals surface area contributed by atoms with Crippen molar-refractivity contribution in [3.63, 3.8) is 0 Å². The molecule has 1 saturated heterocycles. The molecule has 1 saturated carbocycles. The summed E-state index contributed by atoms with van der Waals surface area (Å²) in [6, 6.07) is 0. The SMILES string of the molecule is O[C@H]1CCC[C@@H]1CN1CCCCC1. The van der Waals surface area contributed by atoms with Gasteiger partial charge < -0.3 is 10.0 Å². The van der Waals surface area contributed by atoms with E-state index in [-0.39, 0.29) is 6.10 Å². The molecule has 2 atom stereocenters. The highest BCUT2D eigenvalue weighted by Crippen LogP contribution is 2.27. The largest absolute Gasteiger partial charge is 0.393 e. The van der Waals surface area contributed by atoms with Gasteiger partial charge in [0.2, 0.25) is 0 Å². The second-order valence-electron chi connectivity index (χ2n) is 4.62. The third-order valence-electron chi connectivity index (χ3n) is 3.56. The minimum Gasteiger partial charge on any atom is -0.393 e. The van der Waals surface area contributed by atoms with Crippen molar-refractivity contribution in [3.8, 4) is 0 Å². The van der Waals surface area contributed by atoms with Gasteiger partial charge in [0.15, 0.2) is 0 Å². The Bertz CT molecular complexity index is 154. The van der Waals surface area contributed by atoms with Crippen LogP contribution in [0.25, 0.3) is 0 Å². The topological polar surface area (TPSA) is 23.5 Å². The third kappa shape index (κ3) is 2.44. The molecule has 0 aromatic rings. The first kappa shape index (κ1) is 9.47. The van der Waals surface area contributed by atoms with Gasteiger partial charge in [0, 0.05) is 6.54 Å². The zero-order valence-corrected chi connectivity index (χ0v) is 8.41. The molecule has 0 bridgehead atoms. The van der Waals surface area contributed by atoms with Crippen LogP contribution in [0, 0.1) is 5.92 Å². The van der Waals surface area contributed by atoms with Gasteiger partial charge in [-0.15, -0.1) is 0 Å². The number of rotatable bonds is 2. The standard InChI is InChI=1S/C11H21NO/c13-11-6-4-5-10(11)9-12-7-2-1-3-8-12/h10-11,13H,1-9H2/t10-,11+/m1/s1. The Balaban J connectivity index is 1.75. The fraction of sp³-hybridized carbons (Fsp3) is 1.00. The molecule has 2 heteroatoms. The van der Waals surface area contributed by atoms with E-state index in [0.29, 0.717) is 5.92 Å². The maximum atomic E-state index is 9.69. The van der Waals surface area contributed by atoms with Crippen molar-refractivity contribution in [3.05, 3.63) is 0 Å². The van der Waals surface area contributed by atoms with Crippen molar-refractivity contribution in [1.29, 1.82) is 0 Å². The lowest BCUT2D eigenvalue weighted by atomic mass is 10.0. The highest BCUT2D eigenvalue weighted by atomic mass is 16.3. The van der Waals surface area contributed by atoms with E-state index < -0.39 is 0 Å². The summed E-state index contributed by atoms with van der Waals surface area (Å²) in [5, 5.41) is 9.69. The van der Waals surface area contributed by atoms with Crippen LogP contribution in [0.2, 0.25) is 0 Å². The van der Waals surface area contributed by atoms with Crippen LogP contribution < -0.4 is 0 Å².